The molecule has 1 aromatic heterocycles. The fourth-order valence-corrected chi connectivity index (χ4v) is 2.60. The van der Waals surface area contributed by atoms with Gasteiger partial charge in [0.15, 0.2) is 0 Å². The maximum absolute atomic E-state index is 12.4. The van der Waals surface area contributed by atoms with E-state index < -0.39 is 0 Å². The minimum absolute atomic E-state index is 0.139. The Hall–Kier alpha value is -1.42. The summed E-state index contributed by atoms with van der Waals surface area (Å²) in [5.41, 5.74) is 7.19. The molecule has 1 amide bonds. The third-order valence-electron chi connectivity index (χ3n) is 3.52. The van der Waals surface area contributed by atoms with Crippen molar-refractivity contribution in [3.05, 3.63) is 29.6 Å². The first-order valence-electron chi connectivity index (χ1n) is 6.66. The molecule has 1 fully saturated rings. The fraction of sp³-hybridized carbons (Fsp3) is 0.571. The number of likely N-dealkylation sites (tertiary alicyclic amines) is 1. The predicted octanol–water partition coefficient (Wildman–Crippen LogP) is 1.73. The standard InChI is InChI=1S/C14H21N3O/c1-11-10-12(6-8-16-11)14(18)17-9-3-5-13(17)4-2-7-15/h6,8,10,13H,2-5,7,9,15H2,1H3. The van der Waals surface area contributed by atoms with E-state index in [1.807, 2.05) is 17.9 Å². The molecule has 0 bridgehead atoms. The van der Waals surface area contributed by atoms with E-state index in [4.69, 9.17) is 5.73 Å². The van der Waals surface area contributed by atoms with Crippen LogP contribution >= 0.6 is 0 Å². The molecule has 1 aliphatic heterocycles. The van der Waals surface area contributed by atoms with Crippen molar-refractivity contribution in [2.24, 2.45) is 5.73 Å². The Morgan fingerprint density at radius 3 is 3.17 bits per heavy atom. The van der Waals surface area contributed by atoms with E-state index in [9.17, 15) is 4.79 Å². The number of hydrogen-bond acceptors (Lipinski definition) is 3. The van der Waals surface area contributed by atoms with E-state index in [1.165, 1.54) is 0 Å². The summed E-state index contributed by atoms with van der Waals surface area (Å²) in [7, 11) is 0. The molecule has 0 aromatic carbocycles. The Morgan fingerprint density at radius 2 is 2.44 bits per heavy atom. The summed E-state index contributed by atoms with van der Waals surface area (Å²) in [6.07, 6.45) is 5.92. The topological polar surface area (TPSA) is 59.2 Å². The molecular formula is C14H21N3O. The van der Waals surface area contributed by atoms with Gasteiger partial charge in [-0.05, 0) is 51.3 Å². The summed E-state index contributed by atoms with van der Waals surface area (Å²) in [5.74, 6) is 0.139. The predicted molar refractivity (Wildman–Crippen MR) is 71.3 cm³/mol. The van der Waals surface area contributed by atoms with Gasteiger partial charge in [0.2, 0.25) is 0 Å². The van der Waals surface area contributed by atoms with Crippen LogP contribution in [0.5, 0.6) is 0 Å². The van der Waals surface area contributed by atoms with Crippen LogP contribution in [0.3, 0.4) is 0 Å². The average molecular weight is 247 g/mol. The second-order valence-electron chi connectivity index (χ2n) is 4.91. The molecule has 4 nitrogen and oxygen atoms in total. The number of amides is 1. The summed E-state index contributed by atoms with van der Waals surface area (Å²) < 4.78 is 0. The Balaban J connectivity index is 2.08. The molecule has 0 aliphatic carbocycles. The molecule has 0 spiro atoms. The number of nitrogens with two attached hydrogens (primary N) is 1. The zero-order valence-corrected chi connectivity index (χ0v) is 10.9. The Morgan fingerprint density at radius 1 is 1.61 bits per heavy atom. The number of aryl methyl sites for hydroxylation is 1. The van der Waals surface area contributed by atoms with Crippen molar-refractivity contribution >= 4 is 5.91 Å². The first-order valence-corrected chi connectivity index (χ1v) is 6.66. The van der Waals surface area contributed by atoms with E-state index >= 15 is 0 Å². The molecule has 1 unspecified atom stereocenters. The number of hydrogen-bond donors (Lipinski definition) is 1. The van der Waals surface area contributed by atoms with Crippen molar-refractivity contribution in [1.29, 1.82) is 0 Å². The van der Waals surface area contributed by atoms with Gasteiger partial charge in [-0.25, -0.2) is 0 Å². The molecule has 2 rings (SSSR count). The Bertz CT molecular complexity index is 419. The van der Waals surface area contributed by atoms with Crippen LogP contribution in [0.2, 0.25) is 0 Å². The largest absolute Gasteiger partial charge is 0.336 e. The highest BCUT2D eigenvalue weighted by atomic mass is 16.2. The molecule has 2 heterocycles. The average Bonchev–Trinajstić information content (AvgIpc) is 2.83. The van der Waals surface area contributed by atoms with Crippen molar-refractivity contribution in [3.8, 4) is 0 Å². The number of pyridine rings is 1. The Labute approximate surface area is 108 Å². The summed E-state index contributed by atoms with van der Waals surface area (Å²) in [6, 6.07) is 4.03. The van der Waals surface area contributed by atoms with Crippen LogP contribution < -0.4 is 5.73 Å². The lowest BCUT2D eigenvalue weighted by atomic mass is 10.1. The molecular weight excluding hydrogens is 226 g/mol. The maximum Gasteiger partial charge on any atom is 0.254 e. The van der Waals surface area contributed by atoms with Gasteiger partial charge in [-0.15, -0.1) is 0 Å². The van der Waals surface area contributed by atoms with Gasteiger partial charge in [0.1, 0.15) is 0 Å². The SMILES string of the molecule is Cc1cc(C(=O)N2CCCC2CCCN)ccn1. The minimum atomic E-state index is 0.139. The van der Waals surface area contributed by atoms with E-state index in [0.29, 0.717) is 12.6 Å². The fourth-order valence-electron chi connectivity index (χ4n) is 2.60. The molecule has 1 aromatic rings. The highest BCUT2D eigenvalue weighted by Gasteiger charge is 2.28. The van der Waals surface area contributed by atoms with Crippen LogP contribution in [0.25, 0.3) is 0 Å². The Kier molecular flexibility index (Phi) is 4.31. The first kappa shape index (κ1) is 13.0. The number of carbonyl (C=O) groups excluding carboxylic acids is 1. The van der Waals surface area contributed by atoms with E-state index in [1.54, 1.807) is 12.3 Å². The molecule has 1 atom stereocenters. The van der Waals surface area contributed by atoms with Crippen LogP contribution in [0.4, 0.5) is 0 Å². The summed E-state index contributed by atoms with van der Waals surface area (Å²) in [4.78, 5) is 18.6. The lowest BCUT2D eigenvalue weighted by Gasteiger charge is -2.24. The van der Waals surface area contributed by atoms with Gasteiger partial charge in [-0.1, -0.05) is 0 Å². The van der Waals surface area contributed by atoms with Crippen molar-refractivity contribution in [1.82, 2.24) is 9.88 Å². The molecule has 1 aliphatic rings. The van der Waals surface area contributed by atoms with E-state index in [-0.39, 0.29) is 5.91 Å². The van der Waals surface area contributed by atoms with Gasteiger partial charge in [-0.3, -0.25) is 9.78 Å². The van der Waals surface area contributed by atoms with E-state index in [0.717, 1.165) is 43.5 Å². The zero-order valence-electron chi connectivity index (χ0n) is 10.9. The molecule has 1 saturated heterocycles. The van der Waals surface area contributed by atoms with E-state index in [2.05, 4.69) is 4.98 Å². The number of rotatable bonds is 4. The molecule has 2 N–H and O–H groups in total. The maximum atomic E-state index is 12.4. The van der Waals surface area contributed by atoms with Gasteiger partial charge >= 0.3 is 0 Å². The second-order valence-corrected chi connectivity index (χ2v) is 4.91. The smallest absolute Gasteiger partial charge is 0.254 e. The van der Waals surface area contributed by atoms with Crippen LogP contribution in [0, 0.1) is 6.92 Å². The van der Waals surface area contributed by atoms with Gasteiger partial charge in [-0.2, -0.15) is 0 Å². The minimum Gasteiger partial charge on any atom is -0.336 e. The number of nitrogens with zero attached hydrogens (tertiary/aromatic N) is 2. The monoisotopic (exact) mass is 247 g/mol. The van der Waals surface area contributed by atoms with Crippen molar-refractivity contribution in [2.75, 3.05) is 13.1 Å². The van der Waals surface area contributed by atoms with Crippen LogP contribution in [0.1, 0.15) is 41.7 Å². The summed E-state index contributed by atoms with van der Waals surface area (Å²) in [6.45, 7) is 3.48. The van der Waals surface area contributed by atoms with Gasteiger partial charge in [0.05, 0.1) is 0 Å². The van der Waals surface area contributed by atoms with Gasteiger partial charge < -0.3 is 10.6 Å². The second kappa shape index (κ2) is 5.96. The van der Waals surface area contributed by atoms with Crippen molar-refractivity contribution in [3.63, 3.8) is 0 Å². The third-order valence-corrected chi connectivity index (χ3v) is 3.52. The lowest BCUT2D eigenvalue weighted by Crippen LogP contribution is -2.35. The first-order chi connectivity index (χ1) is 8.72. The summed E-state index contributed by atoms with van der Waals surface area (Å²) >= 11 is 0. The zero-order chi connectivity index (χ0) is 13.0. The third kappa shape index (κ3) is 2.88. The normalized spacial score (nSPS) is 19.2. The van der Waals surface area contributed by atoms with Crippen LogP contribution in [0.15, 0.2) is 18.3 Å². The number of aromatic nitrogens is 1. The highest BCUT2D eigenvalue weighted by molar-refractivity contribution is 5.94. The molecule has 0 saturated carbocycles. The summed E-state index contributed by atoms with van der Waals surface area (Å²) in [5, 5.41) is 0. The van der Waals surface area contributed by atoms with Crippen LogP contribution in [-0.2, 0) is 0 Å². The highest BCUT2D eigenvalue weighted by Crippen LogP contribution is 2.23. The molecule has 98 valence electrons. The number of carbonyl (C=O) groups is 1. The molecule has 18 heavy (non-hydrogen) atoms. The van der Waals surface area contributed by atoms with Crippen molar-refractivity contribution in [2.45, 2.75) is 38.6 Å². The van der Waals surface area contributed by atoms with Crippen molar-refractivity contribution < 1.29 is 4.79 Å². The lowest BCUT2D eigenvalue weighted by molar-refractivity contribution is 0.0729. The quantitative estimate of drug-likeness (QED) is 0.881. The van der Waals surface area contributed by atoms with Gasteiger partial charge in [0.25, 0.3) is 5.91 Å². The molecule has 0 radical (unpaired) electrons. The molecule has 4 heteroatoms. The van der Waals surface area contributed by atoms with Crippen LogP contribution in [-0.4, -0.2) is 34.9 Å². The van der Waals surface area contributed by atoms with Gasteiger partial charge in [0, 0.05) is 30.0 Å².